The lowest BCUT2D eigenvalue weighted by atomic mass is 10.0. The van der Waals surface area contributed by atoms with Gasteiger partial charge in [0.1, 0.15) is 0 Å². The predicted octanol–water partition coefficient (Wildman–Crippen LogP) is 0.0412. The number of ketones is 2. The Morgan fingerprint density at radius 2 is 1.86 bits per heavy atom. The molecule has 21 heavy (non-hydrogen) atoms. The van der Waals surface area contributed by atoms with Gasteiger partial charge in [-0.15, -0.1) is 0 Å². The normalized spacial score (nSPS) is 13.5. The van der Waals surface area contributed by atoms with Gasteiger partial charge < -0.3 is 11.1 Å². The number of nitrogens with one attached hydrogen (secondary N) is 2. The van der Waals surface area contributed by atoms with Crippen molar-refractivity contribution in [2.45, 2.75) is 38.3 Å². The molecule has 0 spiro atoms. The number of Topliss-reactive ketones (excluding diaryl/α,β-unsaturated/α-hetero) is 2. The molecule has 1 amide bonds. The van der Waals surface area contributed by atoms with E-state index in [2.05, 4.69) is 39.2 Å². The summed E-state index contributed by atoms with van der Waals surface area (Å²) in [4.78, 5) is 34.3. The Morgan fingerprint density at radius 1 is 1.19 bits per heavy atom. The monoisotopic (exact) mass is 381 g/mol. The van der Waals surface area contributed by atoms with E-state index < -0.39 is 12.1 Å². The number of rotatable bonds is 12. The van der Waals surface area contributed by atoms with Crippen molar-refractivity contribution < 1.29 is 14.4 Å². The van der Waals surface area contributed by atoms with Gasteiger partial charge >= 0.3 is 0 Å². The highest BCUT2D eigenvalue weighted by Crippen LogP contribution is 2.06. The van der Waals surface area contributed by atoms with Crippen LogP contribution in [-0.4, -0.2) is 53.7 Å². The van der Waals surface area contributed by atoms with Crippen molar-refractivity contribution in [3.05, 3.63) is 0 Å². The van der Waals surface area contributed by atoms with Crippen LogP contribution in [-0.2, 0) is 14.4 Å². The molecule has 0 fully saturated rings. The van der Waals surface area contributed by atoms with Crippen LogP contribution in [0.4, 0.5) is 0 Å². The molecule has 0 aliphatic rings. The van der Waals surface area contributed by atoms with Gasteiger partial charge in [-0.2, -0.15) is 12.6 Å². The summed E-state index contributed by atoms with van der Waals surface area (Å²) in [7, 11) is 0. The predicted molar refractivity (Wildman–Crippen MR) is 90.0 cm³/mol. The number of hydrogen-bond acceptors (Lipinski definition) is 6. The highest BCUT2D eigenvalue weighted by atomic mass is 79.9. The first kappa shape index (κ1) is 20.6. The fraction of sp³-hybridized carbons (Fsp3) is 0.769. The third-order valence-corrected chi connectivity index (χ3v) is 3.91. The second-order valence-corrected chi connectivity index (χ2v) is 5.63. The zero-order chi connectivity index (χ0) is 16.3. The summed E-state index contributed by atoms with van der Waals surface area (Å²) in [6, 6.07) is -0.920. The quantitative estimate of drug-likeness (QED) is 0.217. The molecule has 0 aliphatic carbocycles. The molecule has 0 radical (unpaired) electrons. The van der Waals surface area contributed by atoms with Crippen LogP contribution in [0.3, 0.4) is 0 Å². The molecule has 0 heterocycles. The highest BCUT2D eigenvalue weighted by molar-refractivity contribution is 9.09. The third kappa shape index (κ3) is 9.23. The van der Waals surface area contributed by atoms with E-state index >= 15 is 0 Å². The first-order valence-electron chi connectivity index (χ1n) is 6.89. The molecule has 2 atom stereocenters. The Labute approximate surface area is 139 Å². The standard InChI is InChI=1S/C13H24BrN3O3S/c1-9(18)16-5-3-2-4-10(12(19)6-14)17-11(8-21)13(20)7-15/h10-11,17,21H,2-8,15H2,1H3,(H,16,18)/t10?,11-/m0/s1. The summed E-state index contributed by atoms with van der Waals surface area (Å²) in [6.45, 7) is 1.98. The second kappa shape index (κ2) is 12.1. The third-order valence-electron chi connectivity index (χ3n) is 2.99. The Bertz CT molecular complexity index is 356. The molecule has 4 N–H and O–H groups in total. The molecule has 0 aliphatic heterocycles. The van der Waals surface area contributed by atoms with Crippen molar-refractivity contribution in [2.75, 3.05) is 24.2 Å². The Balaban J connectivity index is 4.35. The minimum atomic E-state index is -0.512. The minimum absolute atomic E-state index is 0.00821. The van der Waals surface area contributed by atoms with Crippen LogP contribution >= 0.6 is 28.6 Å². The van der Waals surface area contributed by atoms with Crippen LogP contribution in [0.25, 0.3) is 0 Å². The Kier molecular flexibility index (Phi) is 11.9. The van der Waals surface area contributed by atoms with Gasteiger partial charge in [0.05, 0.1) is 24.0 Å². The molecule has 6 nitrogen and oxygen atoms in total. The molecule has 0 saturated heterocycles. The number of halogens is 1. The van der Waals surface area contributed by atoms with E-state index in [-0.39, 0.29) is 29.3 Å². The molecule has 0 saturated carbocycles. The van der Waals surface area contributed by atoms with Crippen molar-refractivity contribution in [3.63, 3.8) is 0 Å². The van der Waals surface area contributed by atoms with E-state index in [0.717, 1.165) is 12.8 Å². The molecule has 0 bridgehead atoms. The van der Waals surface area contributed by atoms with E-state index in [1.807, 2.05) is 0 Å². The van der Waals surface area contributed by atoms with Gasteiger partial charge in [-0.25, -0.2) is 0 Å². The number of nitrogens with two attached hydrogens (primary N) is 1. The minimum Gasteiger partial charge on any atom is -0.356 e. The van der Waals surface area contributed by atoms with Crippen LogP contribution in [0.1, 0.15) is 26.2 Å². The van der Waals surface area contributed by atoms with E-state index in [1.54, 1.807) is 0 Å². The van der Waals surface area contributed by atoms with E-state index in [4.69, 9.17) is 5.73 Å². The summed E-state index contributed by atoms with van der Waals surface area (Å²) >= 11 is 7.27. The summed E-state index contributed by atoms with van der Waals surface area (Å²) in [6.07, 6.45) is 2.16. The lowest BCUT2D eigenvalue weighted by Gasteiger charge is -2.22. The van der Waals surface area contributed by atoms with Crippen LogP contribution in [0.5, 0.6) is 0 Å². The van der Waals surface area contributed by atoms with Crippen molar-refractivity contribution in [1.82, 2.24) is 10.6 Å². The fourth-order valence-corrected chi connectivity index (χ4v) is 2.50. The lowest BCUT2D eigenvalue weighted by Crippen LogP contribution is -2.50. The number of hydrogen-bond donors (Lipinski definition) is 4. The average Bonchev–Trinajstić information content (AvgIpc) is 2.48. The van der Waals surface area contributed by atoms with Crippen LogP contribution in [0.15, 0.2) is 0 Å². The summed E-state index contributed by atoms with van der Waals surface area (Å²) < 4.78 is 0. The SMILES string of the molecule is CC(=O)NCCCCC(N[C@@H](CS)C(=O)CN)C(=O)CBr. The van der Waals surface area contributed by atoms with E-state index in [9.17, 15) is 14.4 Å². The Hall–Kier alpha value is -0.440. The number of carbonyl (C=O) groups is 3. The van der Waals surface area contributed by atoms with E-state index in [1.165, 1.54) is 6.92 Å². The summed E-state index contributed by atoms with van der Waals surface area (Å²) in [5.41, 5.74) is 5.34. The van der Waals surface area contributed by atoms with Gasteiger partial charge in [0.25, 0.3) is 0 Å². The van der Waals surface area contributed by atoms with Crippen molar-refractivity contribution in [3.8, 4) is 0 Å². The first-order valence-corrected chi connectivity index (χ1v) is 8.64. The van der Waals surface area contributed by atoms with Crippen LogP contribution in [0, 0.1) is 0 Å². The lowest BCUT2D eigenvalue weighted by molar-refractivity contribution is -0.121. The molecule has 0 rings (SSSR count). The highest BCUT2D eigenvalue weighted by Gasteiger charge is 2.23. The first-order chi connectivity index (χ1) is 9.96. The number of alkyl halides is 1. The maximum Gasteiger partial charge on any atom is 0.216 e. The van der Waals surface area contributed by atoms with Crippen molar-refractivity contribution in [1.29, 1.82) is 0 Å². The number of unbranched alkanes of at least 4 members (excludes halogenated alkanes) is 1. The smallest absolute Gasteiger partial charge is 0.216 e. The fourth-order valence-electron chi connectivity index (χ4n) is 1.80. The van der Waals surface area contributed by atoms with Gasteiger partial charge in [0.15, 0.2) is 11.6 Å². The number of carbonyl (C=O) groups excluding carboxylic acids is 3. The van der Waals surface area contributed by atoms with Gasteiger partial charge in [0, 0.05) is 19.2 Å². The van der Waals surface area contributed by atoms with Gasteiger partial charge in [0.2, 0.25) is 5.91 Å². The Morgan fingerprint density at radius 3 is 2.33 bits per heavy atom. The molecule has 1 unspecified atom stereocenters. The van der Waals surface area contributed by atoms with Crippen LogP contribution < -0.4 is 16.4 Å². The molecule has 8 heteroatoms. The van der Waals surface area contributed by atoms with Crippen molar-refractivity contribution in [2.24, 2.45) is 5.73 Å². The summed E-state index contributed by atoms with van der Waals surface area (Å²) in [5, 5.41) is 5.97. The topological polar surface area (TPSA) is 101 Å². The zero-order valence-corrected chi connectivity index (χ0v) is 14.7. The van der Waals surface area contributed by atoms with Crippen molar-refractivity contribution >= 4 is 46.0 Å². The van der Waals surface area contributed by atoms with Gasteiger partial charge in [-0.1, -0.05) is 15.9 Å². The largest absolute Gasteiger partial charge is 0.356 e. The molecular weight excluding hydrogens is 358 g/mol. The summed E-state index contributed by atoms with van der Waals surface area (Å²) in [5.74, 6) is 0.0696. The maximum absolute atomic E-state index is 11.9. The molecular formula is C13H24BrN3O3S. The molecule has 0 aromatic carbocycles. The number of amides is 1. The average molecular weight is 382 g/mol. The molecule has 122 valence electrons. The van der Waals surface area contributed by atoms with Gasteiger partial charge in [-0.05, 0) is 19.3 Å². The van der Waals surface area contributed by atoms with Crippen LogP contribution in [0.2, 0.25) is 0 Å². The zero-order valence-electron chi connectivity index (χ0n) is 12.2. The van der Waals surface area contributed by atoms with E-state index in [0.29, 0.717) is 18.7 Å². The number of thiol groups is 1. The maximum atomic E-state index is 11.9. The second-order valence-electron chi connectivity index (χ2n) is 4.70. The van der Waals surface area contributed by atoms with Gasteiger partial charge in [-0.3, -0.25) is 19.7 Å². The molecule has 0 aromatic rings. The molecule has 0 aromatic heterocycles.